The van der Waals surface area contributed by atoms with Gasteiger partial charge in [-0.3, -0.25) is 14.8 Å². The number of nitro groups is 1. The van der Waals surface area contributed by atoms with Crippen LogP contribution in [-0.4, -0.2) is 32.5 Å². The average Bonchev–Trinajstić information content (AvgIpc) is 2.85. The molecule has 0 radical (unpaired) electrons. The van der Waals surface area contributed by atoms with Crippen molar-refractivity contribution in [3.63, 3.8) is 0 Å². The molecule has 1 aromatic carbocycles. The van der Waals surface area contributed by atoms with Gasteiger partial charge in [0.25, 0.3) is 0 Å². The Balaban J connectivity index is 1.85. The molecule has 0 aliphatic rings. The Morgan fingerprint density at radius 2 is 2.35 bits per heavy atom. The van der Waals surface area contributed by atoms with E-state index in [1.54, 1.807) is 24.3 Å². The summed E-state index contributed by atoms with van der Waals surface area (Å²) in [5, 5.41) is 24.6. The maximum Gasteiger partial charge on any atom is 0.306 e. The monoisotopic (exact) mass is 297 g/mol. The zero-order chi connectivity index (χ0) is 14.5. The van der Waals surface area contributed by atoms with Gasteiger partial charge in [0.1, 0.15) is 30.9 Å². The van der Waals surface area contributed by atoms with Crippen LogP contribution in [0.1, 0.15) is 0 Å². The van der Waals surface area contributed by atoms with Gasteiger partial charge < -0.3 is 9.84 Å². The minimum atomic E-state index is -0.839. The maximum atomic E-state index is 10.5. The maximum absolute atomic E-state index is 10.5. The lowest BCUT2D eigenvalue weighted by molar-refractivity contribution is -0.385. The molecule has 0 bridgehead atoms. The highest BCUT2D eigenvalue weighted by Crippen LogP contribution is 2.17. The van der Waals surface area contributed by atoms with Crippen LogP contribution in [0.5, 0.6) is 5.75 Å². The van der Waals surface area contributed by atoms with Crippen molar-refractivity contribution in [2.24, 2.45) is 0 Å². The fourth-order valence-electron chi connectivity index (χ4n) is 1.56. The van der Waals surface area contributed by atoms with Crippen molar-refractivity contribution in [2.75, 3.05) is 6.61 Å². The summed E-state index contributed by atoms with van der Waals surface area (Å²) in [5.74, 6) is 0.544. The zero-order valence-electron chi connectivity index (χ0n) is 10.3. The molecule has 1 unspecified atom stereocenters. The summed E-state index contributed by atoms with van der Waals surface area (Å²) < 4.78 is 6.66. The van der Waals surface area contributed by atoms with Gasteiger partial charge in [-0.15, -0.1) is 0 Å². The van der Waals surface area contributed by atoms with Crippen LogP contribution in [0.25, 0.3) is 0 Å². The van der Waals surface area contributed by atoms with Gasteiger partial charge >= 0.3 is 5.69 Å². The minimum Gasteiger partial charge on any atom is -0.491 e. The van der Waals surface area contributed by atoms with Crippen LogP contribution < -0.4 is 4.74 Å². The number of halogens is 1. The van der Waals surface area contributed by atoms with Crippen LogP contribution in [0.2, 0.25) is 5.02 Å². The third-order valence-corrected chi connectivity index (χ3v) is 2.70. The van der Waals surface area contributed by atoms with Gasteiger partial charge in [-0.2, -0.15) is 5.10 Å². The molecule has 1 atom stereocenters. The van der Waals surface area contributed by atoms with Gasteiger partial charge in [0.15, 0.2) is 0 Å². The minimum absolute atomic E-state index is 0.0357. The highest BCUT2D eigenvalue weighted by molar-refractivity contribution is 6.30. The van der Waals surface area contributed by atoms with E-state index in [2.05, 4.69) is 5.10 Å². The first-order valence-electron chi connectivity index (χ1n) is 5.78. The lowest BCUT2D eigenvalue weighted by atomic mass is 10.3. The van der Waals surface area contributed by atoms with Gasteiger partial charge in [0, 0.05) is 5.02 Å². The normalized spacial score (nSPS) is 12.1. The van der Waals surface area contributed by atoms with Crippen LogP contribution in [-0.2, 0) is 6.54 Å². The first-order valence-corrected chi connectivity index (χ1v) is 6.15. The molecule has 0 saturated heterocycles. The second kappa shape index (κ2) is 6.36. The standard InChI is InChI=1S/C12H12ClN3O4/c13-9-2-1-3-12(4-9)20-8-11(17)7-15-6-10(5-14-15)16(18)19/h1-6,11,17H,7-8H2. The summed E-state index contributed by atoms with van der Waals surface area (Å²) in [6.45, 7) is 0.141. The molecule has 0 saturated carbocycles. The summed E-state index contributed by atoms with van der Waals surface area (Å²) in [6.07, 6.45) is 1.54. The quantitative estimate of drug-likeness (QED) is 0.649. The van der Waals surface area contributed by atoms with Crippen LogP contribution in [0.3, 0.4) is 0 Å². The lowest BCUT2D eigenvalue weighted by Crippen LogP contribution is -2.23. The van der Waals surface area contributed by atoms with Crippen LogP contribution >= 0.6 is 11.6 Å². The smallest absolute Gasteiger partial charge is 0.306 e. The van der Waals surface area contributed by atoms with E-state index in [0.29, 0.717) is 10.8 Å². The number of aromatic nitrogens is 2. The van der Waals surface area contributed by atoms with Gasteiger partial charge in [-0.25, -0.2) is 0 Å². The highest BCUT2D eigenvalue weighted by atomic mass is 35.5. The van der Waals surface area contributed by atoms with Gasteiger partial charge in [-0.1, -0.05) is 17.7 Å². The number of aliphatic hydroxyl groups excluding tert-OH is 1. The van der Waals surface area contributed by atoms with Crippen molar-refractivity contribution < 1.29 is 14.8 Å². The second-order valence-electron chi connectivity index (χ2n) is 4.10. The van der Waals surface area contributed by atoms with Gasteiger partial charge in [0.2, 0.25) is 0 Å². The van der Waals surface area contributed by atoms with Crippen molar-refractivity contribution >= 4 is 17.3 Å². The molecule has 0 amide bonds. The molecule has 2 aromatic rings. The molecule has 1 N–H and O–H groups in total. The highest BCUT2D eigenvalue weighted by Gasteiger charge is 2.12. The van der Waals surface area contributed by atoms with Crippen molar-refractivity contribution in [2.45, 2.75) is 12.6 Å². The van der Waals surface area contributed by atoms with Crippen LogP contribution in [0.4, 0.5) is 5.69 Å². The summed E-state index contributed by atoms with van der Waals surface area (Å²) >= 11 is 5.80. The number of nitrogens with zero attached hydrogens (tertiary/aromatic N) is 3. The molecule has 8 heteroatoms. The predicted octanol–water partition coefficient (Wildman–Crippen LogP) is 1.88. The number of rotatable bonds is 6. The first kappa shape index (κ1) is 14.3. The summed E-state index contributed by atoms with van der Waals surface area (Å²) in [6, 6.07) is 6.80. The summed E-state index contributed by atoms with van der Waals surface area (Å²) in [7, 11) is 0. The Morgan fingerprint density at radius 1 is 1.55 bits per heavy atom. The van der Waals surface area contributed by atoms with Crippen LogP contribution in [0, 0.1) is 10.1 Å². The van der Waals surface area contributed by atoms with Gasteiger partial charge in [0.05, 0.1) is 11.5 Å². The molecule has 1 aromatic heterocycles. The molecule has 106 valence electrons. The molecule has 1 heterocycles. The largest absolute Gasteiger partial charge is 0.491 e. The Morgan fingerprint density at radius 3 is 3.00 bits per heavy atom. The van der Waals surface area contributed by atoms with Gasteiger partial charge in [-0.05, 0) is 18.2 Å². The Hall–Kier alpha value is -2.12. The van der Waals surface area contributed by atoms with Crippen molar-refractivity contribution in [3.05, 3.63) is 51.8 Å². The fraction of sp³-hybridized carbons (Fsp3) is 0.250. The molecule has 20 heavy (non-hydrogen) atoms. The topological polar surface area (TPSA) is 90.4 Å². The lowest BCUT2D eigenvalue weighted by Gasteiger charge is -2.12. The van der Waals surface area contributed by atoms with Crippen molar-refractivity contribution in [1.82, 2.24) is 9.78 Å². The average molecular weight is 298 g/mol. The Labute approximate surface area is 119 Å². The molecule has 7 nitrogen and oxygen atoms in total. The molecule has 0 aliphatic heterocycles. The number of hydrogen-bond donors (Lipinski definition) is 1. The SMILES string of the molecule is O=[N+]([O-])c1cnn(CC(O)COc2cccc(Cl)c2)c1. The van der Waals surface area contributed by atoms with E-state index in [1.807, 2.05) is 0 Å². The van der Waals surface area contributed by atoms with E-state index in [-0.39, 0.29) is 18.8 Å². The third-order valence-electron chi connectivity index (χ3n) is 2.47. The van der Waals surface area contributed by atoms with Crippen LogP contribution in [0.15, 0.2) is 36.7 Å². The van der Waals surface area contributed by atoms with E-state index in [0.717, 1.165) is 6.20 Å². The zero-order valence-corrected chi connectivity index (χ0v) is 11.1. The summed E-state index contributed by atoms with van der Waals surface area (Å²) in [4.78, 5) is 9.95. The van der Waals surface area contributed by atoms with E-state index in [9.17, 15) is 15.2 Å². The molecule has 0 aliphatic carbocycles. The van der Waals surface area contributed by atoms with E-state index >= 15 is 0 Å². The molecule has 0 spiro atoms. The molecule has 2 rings (SSSR count). The molecular weight excluding hydrogens is 286 g/mol. The fourth-order valence-corrected chi connectivity index (χ4v) is 1.74. The molecular formula is C12H12ClN3O4. The summed E-state index contributed by atoms with van der Waals surface area (Å²) in [5.41, 5.74) is -0.118. The number of benzene rings is 1. The Bertz CT molecular complexity index is 602. The predicted molar refractivity (Wildman–Crippen MR) is 71.8 cm³/mol. The van der Waals surface area contributed by atoms with E-state index in [4.69, 9.17) is 16.3 Å². The van der Waals surface area contributed by atoms with E-state index < -0.39 is 11.0 Å². The molecule has 0 fully saturated rings. The van der Waals surface area contributed by atoms with E-state index in [1.165, 1.54) is 10.9 Å². The third kappa shape index (κ3) is 3.94. The second-order valence-corrected chi connectivity index (χ2v) is 4.54. The Kier molecular flexibility index (Phi) is 4.54. The van der Waals surface area contributed by atoms with Crippen molar-refractivity contribution in [3.8, 4) is 5.75 Å². The number of aliphatic hydroxyl groups is 1. The number of hydrogen-bond acceptors (Lipinski definition) is 5. The number of ether oxygens (including phenoxy) is 1. The first-order chi connectivity index (χ1) is 9.54. The van der Waals surface area contributed by atoms with Crippen molar-refractivity contribution in [1.29, 1.82) is 0 Å².